The molecule has 3 nitrogen and oxygen atoms in total. The lowest BCUT2D eigenvalue weighted by Gasteiger charge is -2.29. The average molecular weight is 259 g/mol. The highest BCUT2D eigenvalue weighted by Gasteiger charge is 2.24. The summed E-state index contributed by atoms with van der Waals surface area (Å²) in [4.78, 5) is 0. The molecule has 1 saturated heterocycles. The Labute approximate surface area is 105 Å². The molecule has 17 heavy (non-hydrogen) atoms. The standard InChI is InChI=1S/C13H25NO2S/c1-11-2-4-12(5-3-11)10-14-13-6-8-17(15,16)9-7-13/h11-14H,2-10H2,1H3. The first-order valence-corrected chi connectivity index (χ1v) is 8.81. The molecule has 2 fully saturated rings. The first-order chi connectivity index (χ1) is 8.05. The fourth-order valence-corrected chi connectivity index (χ4v) is 4.45. The van der Waals surface area contributed by atoms with Crippen LogP contribution in [0.2, 0.25) is 0 Å². The minimum atomic E-state index is -2.71. The fraction of sp³-hybridized carbons (Fsp3) is 1.00. The molecule has 0 aromatic heterocycles. The SMILES string of the molecule is CC1CCC(CNC2CCS(=O)(=O)CC2)CC1. The van der Waals surface area contributed by atoms with E-state index in [9.17, 15) is 8.42 Å². The van der Waals surface area contributed by atoms with Gasteiger partial charge in [0.1, 0.15) is 9.84 Å². The van der Waals surface area contributed by atoms with Crippen LogP contribution in [0.1, 0.15) is 45.4 Å². The smallest absolute Gasteiger partial charge is 0.150 e. The summed E-state index contributed by atoms with van der Waals surface area (Å²) in [6.45, 7) is 3.44. The van der Waals surface area contributed by atoms with Crippen LogP contribution in [0.4, 0.5) is 0 Å². The normalized spacial score (nSPS) is 34.6. The molecule has 0 spiro atoms. The highest BCUT2D eigenvalue weighted by Crippen LogP contribution is 2.28. The van der Waals surface area contributed by atoms with E-state index in [-0.39, 0.29) is 0 Å². The molecule has 1 heterocycles. The predicted octanol–water partition coefficient (Wildman–Crippen LogP) is 1.98. The minimum Gasteiger partial charge on any atom is -0.314 e. The van der Waals surface area contributed by atoms with Crippen LogP contribution in [-0.2, 0) is 9.84 Å². The second-order valence-electron chi connectivity index (χ2n) is 5.96. The number of sulfone groups is 1. The third-order valence-corrected chi connectivity index (χ3v) is 6.10. The fourth-order valence-electron chi connectivity index (χ4n) is 2.96. The van der Waals surface area contributed by atoms with Gasteiger partial charge in [0.15, 0.2) is 0 Å². The first kappa shape index (κ1) is 13.3. The lowest BCUT2D eigenvalue weighted by molar-refractivity contribution is 0.271. The van der Waals surface area contributed by atoms with Gasteiger partial charge in [-0.2, -0.15) is 0 Å². The van der Waals surface area contributed by atoms with E-state index in [1.807, 2.05) is 0 Å². The van der Waals surface area contributed by atoms with E-state index < -0.39 is 9.84 Å². The van der Waals surface area contributed by atoms with Gasteiger partial charge in [-0.15, -0.1) is 0 Å². The lowest BCUT2D eigenvalue weighted by atomic mass is 9.83. The van der Waals surface area contributed by atoms with Crippen molar-refractivity contribution in [2.75, 3.05) is 18.1 Å². The molecule has 0 bridgehead atoms. The Bertz CT molecular complexity index is 317. The quantitative estimate of drug-likeness (QED) is 0.843. The Morgan fingerprint density at radius 2 is 1.59 bits per heavy atom. The zero-order valence-corrected chi connectivity index (χ0v) is 11.6. The molecular weight excluding hydrogens is 234 g/mol. The third kappa shape index (κ3) is 4.25. The Hall–Kier alpha value is -0.0900. The van der Waals surface area contributed by atoms with Gasteiger partial charge in [-0.3, -0.25) is 0 Å². The zero-order valence-electron chi connectivity index (χ0n) is 10.8. The maximum atomic E-state index is 11.3. The molecule has 4 heteroatoms. The van der Waals surface area contributed by atoms with Crippen molar-refractivity contribution in [3.05, 3.63) is 0 Å². The summed E-state index contributed by atoms with van der Waals surface area (Å²) in [5.41, 5.74) is 0. The summed E-state index contributed by atoms with van der Waals surface area (Å²) in [6, 6.07) is 0.442. The van der Waals surface area contributed by atoms with E-state index in [4.69, 9.17) is 0 Å². The summed E-state index contributed by atoms with van der Waals surface area (Å²) in [5, 5.41) is 3.58. The molecule has 2 rings (SSSR count). The second kappa shape index (κ2) is 5.70. The van der Waals surface area contributed by atoms with E-state index in [2.05, 4.69) is 12.2 Å². The van der Waals surface area contributed by atoms with E-state index in [1.165, 1.54) is 25.7 Å². The van der Waals surface area contributed by atoms with Crippen LogP contribution < -0.4 is 5.32 Å². The lowest BCUT2D eigenvalue weighted by Crippen LogP contribution is -2.40. The average Bonchev–Trinajstić information content (AvgIpc) is 2.30. The van der Waals surface area contributed by atoms with Crippen molar-refractivity contribution in [2.45, 2.75) is 51.5 Å². The van der Waals surface area contributed by atoms with Gasteiger partial charge in [0.05, 0.1) is 11.5 Å². The third-order valence-electron chi connectivity index (χ3n) is 4.39. The predicted molar refractivity (Wildman–Crippen MR) is 70.8 cm³/mol. The molecule has 0 radical (unpaired) electrons. The number of hydrogen-bond donors (Lipinski definition) is 1. The van der Waals surface area contributed by atoms with Crippen LogP contribution in [0.3, 0.4) is 0 Å². The largest absolute Gasteiger partial charge is 0.314 e. The highest BCUT2D eigenvalue weighted by molar-refractivity contribution is 7.91. The van der Waals surface area contributed by atoms with Gasteiger partial charge in [0.2, 0.25) is 0 Å². The van der Waals surface area contributed by atoms with E-state index in [0.29, 0.717) is 17.5 Å². The molecule has 0 atom stereocenters. The van der Waals surface area contributed by atoms with Gasteiger partial charge in [0, 0.05) is 6.04 Å². The number of hydrogen-bond acceptors (Lipinski definition) is 3. The molecule has 1 aliphatic carbocycles. The van der Waals surface area contributed by atoms with Gasteiger partial charge in [-0.1, -0.05) is 19.8 Å². The summed E-state index contributed by atoms with van der Waals surface area (Å²) in [7, 11) is -2.71. The van der Waals surface area contributed by atoms with Crippen molar-refractivity contribution < 1.29 is 8.42 Å². The maximum Gasteiger partial charge on any atom is 0.150 e. The number of nitrogens with one attached hydrogen (secondary N) is 1. The molecular formula is C13H25NO2S. The van der Waals surface area contributed by atoms with Crippen LogP contribution in [0.25, 0.3) is 0 Å². The molecule has 0 unspecified atom stereocenters. The van der Waals surface area contributed by atoms with Crippen molar-refractivity contribution in [1.82, 2.24) is 5.32 Å². The first-order valence-electron chi connectivity index (χ1n) is 6.99. The monoisotopic (exact) mass is 259 g/mol. The van der Waals surface area contributed by atoms with Crippen molar-refractivity contribution >= 4 is 9.84 Å². The summed E-state index contributed by atoms with van der Waals surface area (Å²) in [6.07, 6.45) is 7.05. The van der Waals surface area contributed by atoms with Crippen molar-refractivity contribution in [3.63, 3.8) is 0 Å². The van der Waals surface area contributed by atoms with Crippen molar-refractivity contribution in [2.24, 2.45) is 11.8 Å². The maximum absolute atomic E-state index is 11.3. The second-order valence-corrected chi connectivity index (χ2v) is 8.26. The van der Waals surface area contributed by atoms with E-state index in [1.54, 1.807) is 0 Å². The van der Waals surface area contributed by atoms with Crippen LogP contribution in [-0.4, -0.2) is 32.5 Å². The van der Waals surface area contributed by atoms with Crippen LogP contribution in [0.5, 0.6) is 0 Å². The topological polar surface area (TPSA) is 46.2 Å². The number of rotatable bonds is 3. The molecule has 0 amide bonds. The van der Waals surface area contributed by atoms with Crippen LogP contribution in [0.15, 0.2) is 0 Å². The molecule has 1 N–H and O–H groups in total. The van der Waals surface area contributed by atoms with E-state index >= 15 is 0 Å². The van der Waals surface area contributed by atoms with Gasteiger partial charge in [-0.25, -0.2) is 8.42 Å². The van der Waals surface area contributed by atoms with Crippen LogP contribution in [0, 0.1) is 11.8 Å². The molecule has 1 saturated carbocycles. The molecule has 0 aromatic carbocycles. The highest BCUT2D eigenvalue weighted by atomic mass is 32.2. The minimum absolute atomic E-state index is 0.381. The summed E-state index contributed by atoms with van der Waals surface area (Å²) < 4.78 is 22.6. The van der Waals surface area contributed by atoms with Crippen LogP contribution >= 0.6 is 0 Å². The van der Waals surface area contributed by atoms with Gasteiger partial charge >= 0.3 is 0 Å². The molecule has 100 valence electrons. The zero-order chi connectivity index (χ0) is 12.3. The summed E-state index contributed by atoms with van der Waals surface area (Å²) in [5.74, 6) is 2.49. The summed E-state index contributed by atoms with van der Waals surface area (Å²) >= 11 is 0. The molecule has 1 aliphatic heterocycles. The van der Waals surface area contributed by atoms with Crippen molar-refractivity contribution in [3.8, 4) is 0 Å². The molecule has 0 aromatic rings. The van der Waals surface area contributed by atoms with Gasteiger partial charge in [0.25, 0.3) is 0 Å². The Balaban J connectivity index is 1.66. The van der Waals surface area contributed by atoms with Gasteiger partial charge in [-0.05, 0) is 44.1 Å². The van der Waals surface area contributed by atoms with Gasteiger partial charge < -0.3 is 5.32 Å². The van der Waals surface area contributed by atoms with Crippen molar-refractivity contribution in [1.29, 1.82) is 0 Å². The Kier molecular flexibility index (Phi) is 4.47. The molecule has 2 aliphatic rings. The Morgan fingerprint density at radius 1 is 1.00 bits per heavy atom. The Morgan fingerprint density at radius 3 is 2.18 bits per heavy atom. The van der Waals surface area contributed by atoms with E-state index in [0.717, 1.165) is 31.2 Å².